The monoisotopic (exact) mass is 492 g/mol. The fourth-order valence-electron chi connectivity index (χ4n) is 4.20. The maximum atomic E-state index is 15.6. The summed E-state index contributed by atoms with van der Waals surface area (Å²) < 4.78 is 18.6. The minimum Gasteiger partial charge on any atom is -0.268 e. The highest BCUT2D eigenvalue weighted by molar-refractivity contribution is 6.30. The average Bonchev–Trinajstić information content (AvgIpc) is 3.35. The number of hydrogen-bond donors (Lipinski definition) is 0. The molecule has 0 atom stereocenters. The van der Waals surface area contributed by atoms with Crippen molar-refractivity contribution in [2.75, 3.05) is 0 Å². The molecule has 0 spiro atoms. The zero-order valence-electron chi connectivity index (χ0n) is 18.8. The summed E-state index contributed by atoms with van der Waals surface area (Å²) in [6, 6.07) is 30.7. The Morgan fingerprint density at radius 1 is 0.750 bits per heavy atom. The third kappa shape index (κ3) is 3.87. The van der Waals surface area contributed by atoms with Crippen LogP contribution in [0.25, 0.3) is 44.9 Å². The van der Waals surface area contributed by atoms with E-state index >= 15 is 4.39 Å². The molecule has 0 unspecified atom stereocenters. The number of nitrogens with zero attached hydrogens (tertiary/aromatic N) is 4. The van der Waals surface area contributed by atoms with Gasteiger partial charge in [-0.05, 0) is 59.7 Å². The first-order valence-electron chi connectivity index (χ1n) is 11.3. The van der Waals surface area contributed by atoms with Crippen LogP contribution in [0.1, 0.15) is 0 Å². The number of para-hydroxylation sites is 1. The van der Waals surface area contributed by atoms with Gasteiger partial charge in [0.25, 0.3) is 5.56 Å². The van der Waals surface area contributed by atoms with Crippen molar-refractivity contribution in [2.24, 2.45) is 0 Å². The van der Waals surface area contributed by atoms with Gasteiger partial charge in [0.05, 0.1) is 16.9 Å². The quantitative estimate of drug-likeness (QED) is 0.275. The first-order valence-corrected chi connectivity index (χ1v) is 11.7. The van der Waals surface area contributed by atoms with E-state index in [-0.39, 0.29) is 22.6 Å². The standard InChI is InChI=1S/C29H18ClFN4O/c30-21-12-14-23(15-13-21)35-28(24-16-11-20(17-26(24)31)19-7-3-1-4-8-19)32-27-25(29(35)36)18-34(33-27)22-9-5-2-6-10-22/h1-18H. The van der Waals surface area contributed by atoms with Crippen molar-refractivity contribution in [1.82, 2.24) is 19.3 Å². The van der Waals surface area contributed by atoms with Crippen LogP contribution in [-0.4, -0.2) is 19.3 Å². The molecule has 0 aliphatic rings. The Bertz CT molecular complexity index is 1760. The number of aromatic nitrogens is 4. The van der Waals surface area contributed by atoms with Crippen molar-refractivity contribution in [2.45, 2.75) is 0 Å². The smallest absolute Gasteiger partial charge is 0.268 e. The lowest BCUT2D eigenvalue weighted by molar-refractivity contribution is 0.629. The molecule has 0 saturated heterocycles. The summed E-state index contributed by atoms with van der Waals surface area (Å²) in [6.07, 6.45) is 1.64. The summed E-state index contributed by atoms with van der Waals surface area (Å²) >= 11 is 6.09. The largest absolute Gasteiger partial charge is 0.269 e. The van der Waals surface area contributed by atoms with Gasteiger partial charge in [0.2, 0.25) is 0 Å². The zero-order chi connectivity index (χ0) is 24.6. The summed E-state index contributed by atoms with van der Waals surface area (Å²) in [7, 11) is 0. The third-order valence-electron chi connectivity index (χ3n) is 5.97. The molecular formula is C29H18ClFN4O. The zero-order valence-corrected chi connectivity index (χ0v) is 19.6. The molecule has 4 aromatic carbocycles. The highest BCUT2D eigenvalue weighted by Crippen LogP contribution is 2.29. The molecular weight excluding hydrogens is 475 g/mol. The second-order valence-electron chi connectivity index (χ2n) is 8.26. The molecule has 0 amide bonds. The van der Waals surface area contributed by atoms with Crippen molar-refractivity contribution >= 4 is 22.6 Å². The summed E-state index contributed by atoms with van der Waals surface area (Å²) in [5, 5.41) is 5.37. The van der Waals surface area contributed by atoms with Crippen molar-refractivity contribution in [3.05, 3.63) is 131 Å². The van der Waals surface area contributed by atoms with Gasteiger partial charge in [-0.15, -0.1) is 5.10 Å². The van der Waals surface area contributed by atoms with E-state index in [2.05, 4.69) is 10.1 Å². The molecule has 174 valence electrons. The lowest BCUT2D eigenvalue weighted by Crippen LogP contribution is -2.21. The fraction of sp³-hybridized carbons (Fsp3) is 0. The van der Waals surface area contributed by atoms with Crippen LogP contribution >= 0.6 is 11.6 Å². The molecule has 0 N–H and O–H groups in total. The number of hydrogen-bond acceptors (Lipinski definition) is 3. The average molecular weight is 493 g/mol. The molecule has 6 rings (SSSR count). The summed E-state index contributed by atoms with van der Waals surface area (Å²) in [5.74, 6) is -0.335. The molecule has 0 aliphatic heterocycles. The highest BCUT2D eigenvalue weighted by atomic mass is 35.5. The van der Waals surface area contributed by atoms with Gasteiger partial charge < -0.3 is 0 Å². The van der Waals surface area contributed by atoms with E-state index in [4.69, 9.17) is 11.6 Å². The summed E-state index contributed by atoms with van der Waals surface area (Å²) in [6.45, 7) is 0. The van der Waals surface area contributed by atoms with Crippen LogP contribution in [0.5, 0.6) is 0 Å². The Balaban J connectivity index is 1.59. The Morgan fingerprint density at radius 3 is 2.14 bits per heavy atom. The normalized spacial score (nSPS) is 11.2. The maximum Gasteiger partial charge on any atom is 0.269 e. The lowest BCUT2D eigenvalue weighted by Gasteiger charge is -2.14. The van der Waals surface area contributed by atoms with Gasteiger partial charge >= 0.3 is 0 Å². The Morgan fingerprint density at radius 2 is 1.44 bits per heavy atom. The second-order valence-corrected chi connectivity index (χ2v) is 8.70. The molecule has 2 aromatic heterocycles. The number of benzene rings is 4. The Hall–Kier alpha value is -4.55. The van der Waals surface area contributed by atoms with Crippen molar-refractivity contribution in [1.29, 1.82) is 0 Å². The summed E-state index contributed by atoms with van der Waals surface area (Å²) in [4.78, 5) is 18.4. The molecule has 2 heterocycles. The van der Waals surface area contributed by atoms with Crippen LogP contribution in [-0.2, 0) is 0 Å². The Labute approximate surface area is 210 Å². The minimum atomic E-state index is -0.493. The molecule has 0 aliphatic carbocycles. The van der Waals surface area contributed by atoms with E-state index in [9.17, 15) is 4.79 Å². The van der Waals surface area contributed by atoms with Gasteiger partial charge in [0.15, 0.2) is 11.5 Å². The van der Waals surface area contributed by atoms with E-state index in [1.807, 2.05) is 66.7 Å². The number of fused-ring (bicyclic) bond motifs is 1. The molecule has 6 aromatic rings. The van der Waals surface area contributed by atoms with Crippen molar-refractivity contribution in [3.8, 4) is 33.9 Å². The maximum absolute atomic E-state index is 15.6. The summed E-state index contributed by atoms with van der Waals surface area (Å²) in [5.41, 5.74) is 3.00. The molecule has 0 bridgehead atoms. The molecule has 36 heavy (non-hydrogen) atoms. The van der Waals surface area contributed by atoms with Crippen LogP contribution in [0.15, 0.2) is 114 Å². The predicted molar refractivity (Wildman–Crippen MR) is 140 cm³/mol. The first kappa shape index (κ1) is 21.9. The van der Waals surface area contributed by atoms with Gasteiger partial charge in [-0.25, -0.2) is 14.1 Å². The van der Waals surface area contributed by atoms with Gasteiger partial charge in [-0.1, -0.05) is 66.2 Å². The molecule has 5 nitrogen and oxygen atoms in total. The fourth-order valence-corrected chi connectivity index (χ4v) is 4.32. The van der Waals surface area contributed by atoms with E-state index < -0.39 is 5.82 Å². The molecule has 0 radical (unpaired) electrons. The SMILES string of the molecule is O=c1c2cn(-c3ccccc3)nc2nc(-c2ccc(-c3ccccc3)cc2F)n1-c1ccc(Cl)cc1. The number of halogens is 2. The van der Waals surface area contributed by atoms with Crippen LogP contribution in [0.3, 0.4) is 0 Å². The van der Waals surface area contributed by atoms with Crippen LogP contribution in [0.4, 0.5) is 4.39 Å². The second kappa shape index (κ2) is 8.91. The first-order chi connectivity index (χ1) is 17.6. The third-order valence-corrected chi connectivity index (χ3v) is 6.23. The topological polar surface area (TPSA) is 52.7 Å². The van der Waals surface area contributed by atoms with Crippen molar-refractivity contribution in [3.63, 3.8) is 0 Å². The van der Waals surface area contributed by atoms with Gasteiger partial charge in [-0.3, -0.25) is 9.36 Å². The van der Waals surface area contributed by atoms with E-state index in [0.29, 0.717) is 16.1 Å². The molecule has 0 fully saturated rings. The van der Waals surface area contributed by atoms with E-state index in [1.54, 1.807) is 41.2 Å². The minimum absolute atomic E-state index is 0.158. The van der Waals surface area contributed by atoms with Crippen LogP contribution < -0.4 is 5.56 Å². The lowest BCUT2D eigenvalue weighted by atomic mass is 10.0. The molecule has 0 saturated carbocycles. The van der Waals surface area contributed by atoms with Crippen LogP contribution in [0, 0.1) is 5.82 Å². The predicted octanol–water partition coefficient (Wildman–Crippen LogP) is 6.70. The van der Waals surface area contributed by atoms with Crippen molar-refractivity contribution < 1.29 is 4.39 Å². The number of rotatable bonds is 4. The molecule has 7 heteroatoms. The van der Waals surface area contributed by atoms with Gasteiger partial charge in [0.1, 0.15) is 11.2 Å². The van der Waals surface area contributed by atoms with Gasteiger partial charge in [-0.2, -0.15) is 0 Å². The van der Waals surface area contributed by atoms with E-state index in [0.717, 1.165) is 16.8 Å². The Kier molecular flexibility index (Phi) is 5.43. The van der Waals surface area contributed by atoms with Gasteiger partial charge in [0, 0.05) is 11.2 Å². The highest BCUT2D eigenvalue weighted by Gasteiger charge is 2.20. The van der Waals surface area contributed by atoms with Crippen LogP contribution in [0.2, 0.25) is 5.02 Å². The van der Waals surface area contributed by atoms with E-state index in [1.165, 1.54) is 10.6 Å².